The molecule has 1 aliphatic carbocycles. The molecule has 82 heavy (non-hydrogen) atoms. The highest BCUT2D eigenvalue weighted by molar-refractivity contribution is 7.97. The Morgan fingerprint density at radius 3 is 1.29 bits per heavy atom. The second-order valence-electron chi connectivity index (χ2n) is 21.2. The molecule has 1 aliphatic rings. The van der Waals surface area contributed by atoms with Crippen molar-refractivity contribution >= 4 is 37.8 Å². The molecule has 0 aliphatic heterocycles. The SMILES string of the molecule is C.C.CC1c2cccc3cccc(c23)C1C.CCC(C)(C)C(=O)OC(C(F)(F)F)C(F)(F)S(=O)(=O)[O-].CCC(C)c1ccc(O)cc1.CCC(C)c1ccc(OC(C)(C)CC)cc1.c1ccc([S+](c2ccccc2)c2ccccc2)cc1. The van der Waals surface area contributed by atoms with Crippen LogP contribution in [0, 0.1) is 5.41 Å². The Labute approximate surface area is 489 Å². The fourth-order valence-electron chi connectivity index (χ4n) is 8.17. The van der Waals surface area contributed by atoms with Crippen molar-refractivity contribution in [1.29, 1.82) is 0 Å². The number of carbonyl (C=O) groups excluding carboxylic acids is 1. The van der Waals surface area contributed by atoms with Gasteiger partial charge in [0.25, 0.3) is 6.10 Å². The molecule has 0 radical (unpaired) electrons. The van der Waals surface area contributed by atoms with E-state index in [4.69, 9.17) is 9.84 Å². The lowest BCUT2D eigenvalue weighted by molar-refractivity contribution is -0.262. The summed E-state index contributed by atoms with van der Waals surface area (Å²) in [6.45, 7) is 23.5. The van der Waals surface area contributed by atoms with E-state index in [1.54, 1.807) is 12.1 Å². The summed E-state index contributed by atoms with van der Waals surface area (Å²) >= 11 is 0. The first-order chi connectivity index (χ1) is 37.5. The maximum atomic E-state index is 13.0. The number of hydrogen-bond acceptors (Lipinski definition) is 7. The zero-order valence-electron chi connectivity index (χ0n) is 48.1. The van der Waals surface area contributed by atoms with Crippen LogP contribution >= 0.6 is 0 Å². The Morgan fingerprint density at radius 2 is 0.963 bits per heavy atom. The largest absolute Gasteiger partial charge is 0.743 e. The number of halogens is 5. The highest BCUT2D eigenvalue weighted by Crippen LogP contribution is 2.46. The molecule has 0 bridgehead atoms. The molecule has 0 aromatic heterocycles. The van der Waals surface area contributed by atoms with Crippen LogP contribution in [-0.2, 0) is 30.5 Å². The van der Waals surface area contributed by atoms with Gasteiger partial charge in [-0.2, -0.15) is 22.0 Å². The van der Waals surface area contributed by atoms with E-state index < -0.39 is 39.0 Å². The molecule has 8 rings (SSSR count). The van der Waals surface area contributed by atoms with Crippen molar-refractivity contribution in [2.24, 2.45) is 5.41 Å². The van der Waals surface area contributed by atoms with Crippen molar-refractivity contribution in [3.05, 3.63) is 198 Å². The van der Waals surface area contributed by atoms with Crippen LogP contribution in [0.2, 0.25) is 0 Å². The zero-order chi connectivity index (χ0) is 59.6. The Hall–Kier alpha value is -6.22. The molecule has 5 unspecified atom stereocenters. The Morgan fingerprint density at radius 1 is 0.585 bits per heavy atom. The molecule has 7 nitrogen and oxygen atoms in total. The minimum Gasteiger partial charge on any atom is -0.743 e. The Balaban J connectivity index is 0.000000352. The lowest BCUT2D eigenvalue weighted by Gasteiger charge is -2.32. The first-order valence-electron chi connectivity index (χ1n) is 27.1. The van der Waals surface area contributed by atoms with E-state index in [2.05, 4.69) is 219 Å². The van der Waals surface area contributed by atoms with Crippen LogP contribution < -0.4 is 4.74 Å². The summed E-state index contributed by atoms with van der Waals surface area (Å²) in [5, 5.41) is 6.10. The summed E-state index contributed by atoms with van der Waals surface area (Å²) < 4.78 is 104. The van der Waals surface area contributed by atoms with Crippen molar-refractivity contribution in [1.82, 2.24) is 0 Å². The maximum Gasteiger partial charge on any atom is 0.432 e. The number of esters is 1. The quantitative estimate of drug-likeness (QED) is 0.0471. The predicted molar refractivity (Wildman–Crippen MR) is 327 cm³/mol. The van der Waals surface area contributed by atoms with Crippen molar-refractivity contribution in [3.8, 4) is 11.5 Å². The second kappa shape index (κ2) is 32.0. The van der Waals surface area contributed by atoms with Crippen LogP contribution in [0.4, 0.5) is 22.0 Å². The van der Waals surface area contributed by atoms with Gasteiger partial charge in [-0.15, -0.1) is 0 Å². The van der Waals surface area contributed by atoms with Crippen LogP contribution in [0.1, 0.15) is 170 Å². The van der Waals surface area contributed by atoms with Gasteiger partial charge in [-0.3, -0.25) is 4.79 Å². The average Bonchev–Trinajstić information content (AvgIpc) is 3.70. The highest BCUT2D eigenvalue weighted by Gasteiger charge is 2.63. The fraction of sp³-hybridized carbons (Fsp3) is 0.397. The third-order valence-electron chi connectivity index (χ3n) is 14.6. The van der Waals surface area contributed by atoms with Gasteiger partial charge in [0, 0.05) is 0 Å². The van der Waals surface area contributed by atoms with Crippen LogP contribution in [-0.4, -0.2) is 47.2 Å². The summed E-state index contributed by atoms with van der Waals surface area (Å²) in [6.07, 6.45) is -6.98. The third-order valence-corrected chi connectivity index (χ3v) is 17.7. The van der Waals surface area contributed by atoms with E-state index in [-0.39, 0.29) is 37.8 Å². The minimum atomic E-state index is -6.66. The maximum absolute atomic E-state index is 13.0. The number of aromatic hydroxyl groups is 1. The smallest absolute Gasteiger partial charge is 0.432 e. The monoisotopic (exact) mass is 1170 g/mol. The minimum absolute atomic E-state index is 0. The number of alkyl halides is 5. The first kappa shape index (κ1) is 71.9. The average molecular weight is 1180 g/mol. The van der Waals surface area contributed by atoms with E-state index in [9.17, 15) is 39.7 Å². The molecule has 0 saturated carbocycles. The van der Waals surface area contributed by atoms with E-state index >= 15 is 0 Å². The lowest BCUT2D eigenvalue weighted by atomic mass is 9.90. The van der Waals surface area contributed by atoms with Gasteiger partial charge in [0.2, 0.25) is 0 Å². The molecule has 7 aromatic rings. The second-order valence-corrected chi connectivity index (χ2v) is 24.7. The molecule has 5 atom stereocenters. The normalized spacial score (nSPS) is 14.9. The van der Waals surface area contributed by atoms with E-state index in [1.807, 2.05) is 12.1 Å². The Bertz CT molecular complexity index is 2950. The first-order valence-corrected chi connectivity index (χ1v) is 29.8. The van der Waals surface area contributed by atoms with Crippen LogP contribution in [0.15, 0.2) is 191 Å². The summed E-state index contributed by atoms with van der Waals surface area (Å²) in [5.41, 5.74) is 4.13. The molecule has 0 heterocycles. The molecular weight excluding hydrogens is 1090 g/mol. The predicted octanol–water partition coefficient (Wildman–Crippen LogP) is 19.8. The van der Waals surface area contributed by atoms with Crippen molar-refractivity contribution < 1.29 is 54.3 Å². The van der Waals surface area contributed by atoms with Gasteiger partial charge in [0.05, 0.1) is 16.3 Å². The van der Waals surface area contributed by atoms with Crippen LogP contribution in [0.25, 0.3) is 10.8 Å². The van der Waals surface area contributed by atoms with Gasteiger partial charge in [0.1, 0.15) is 17.1 Å². The molecule has 448 valence electrons. The fourth-order valence-corrected chi connectivity index (χ4v) is 10.7. The summed E-state index contributed by atoms with van der Waals surface area (Å²) in [5.74, 6) is 2.21. The summed E-state index contributed by atoms with van der Waals surface area (Å²) in [7, 11) is -6.68. The van der Waals surface area contributed by atoms with Gasteiger partial charge in [-0.05, 0) is 171 Å². The highest BCUT2D eigenvalue weighted by atomic mass is 32.2. The van der Waals surface area contributed by atoms with Gasteiger partial charge in [-0.25, -0.2) is 8.42 Å². The molecule has 14 heteroatoms. The molecule has 0 spiro atoms. The van der Waals surface area contributed by atoms with Crippen molar-refractivity contribution in [3.63, 3.8) is 0 Å². The lowest BCUT2D eigenvalue weighted by Crippen LogP contribution is -2.53. The number of benzene rings is 7. The number of phenols is 1. The van der Waals surface area contributed by atoms with Gasteiger partial charge in [0.15, 0.2) is 24.8 Å². The molecule has 0 amide bonds. The van der Waals surface area contributed by atoms with Crippen LogP contribution in [0.3, 0.4) is 0 Å². The topological polar surface area (TPSA) is 113 Å². The molecule has 7 aromatic carbocycles. The summed E-state index contributed by atoms with van der Waals surface area (Å²) in [6, 6.07) is 61.4. The van der Waals surface area contributed by atoms with Crippen molar-refractivity contribution in [2.45, 2.75) is 185 Å². The van der Waals surface area contributed by atoms with E-state index in [0.29, 0.717) is 29.4 Å². The van der Waals surface area contributed by atoms with E-state index in [1.165, 1.54) is 61.1 Å². The standard InChI is InChI=1S/C18H15S.C15H24O.C14H14.C10H14O.C9H13F5O5S.2CH4/c1-4-10-16(11-5-1)19(17-12-6-2-7-13-17)18-14-8-3-9-15-18;1-6-12(3)13-8-10-14(11-9-13)16-15(4,5)7-2;1-9-10(2)13-8-4-6-11-5-3-7-12(9)14(11)13;1-3-8(2)9-4-6-10(11)7-5-9;1-4-7(2,3)6(15)19-5(8(10,11)12)9(13,14)20(16,17)18;;/h1-15H;8-12H,6-7H2,1-5H3;3-10H,1-2H3;4-8,11H,3H2,1-2H3;5H,4H2,1-3H3,(H,16,17,18);2*1H4/q+1;;;;;;/p-1. The van der Waals surface area contributed by atoms with Gasteiger partial charge >= 0.3 is 17.4 Å². The number of phenolic OH excluding ortho intramolecular Hbond substituents is 1. The van der Waals surface area contributed by atoms with Gasteiger partial charge < -0.3 is 19.1 Å². The molecule has 0 saturated heterocycles. The Kier molecular flexibility index (Phi) is 28.1. The number of rotatable bonds is 15. The zero-order valence-corrected chi connectivity index (χ0v) is 49.7. The molecule has 0 fully saturated rings. The van der Waals surface area contributed by atoms with Crippen molar-refractivity contribution in [2.75, 3.05) is 0 Å². The van der Waals surface area contributed by atoms with Gasteiger partial charge in [-0.1, -0.05) is 186 Å². The number of ether oxygens (including phenoxy) is 2. The third kappa shape index (κ3) is 20.0. The number of carbonyl (C=O) groups is 1. The summed E-state index contributed by atoms with van der Waals surface area (Å²) in [4.78, 5) is 15.5. The van der Waals surface area contributed by atoms with Crippen LogP contribution in [0.5, 0.6) is 11.5 Å². The van der Waals surface area contributed by atoms with E-state index in [0.717, 1.165) is 32.4 Å². The molecular formula is C68H87F5O7S2. The molecule has 1 N–H and O–H groups in total. The number of hydrogen-bond donors (Lipinski definition) is 1.